The Bertz CT molecular complexity index is 1230. The van der Waals surface area contributed by atoms with Gasteiger partial charge in [-0.3, -0.25) is 4.79 Å². The average Bonchev–Trinajstić information content (AvgIpc) is 3.18. The molecule has 158 valence electrons. The number of alkyl halides is 3. The van der Waals surface area contributed by atoms with Gasteiger partial charge in [-0.2, -0.15) is 18.3 Å². The van der Waals surface area contributed by atoms with Crippen LogP contribution in [-0.2, 0) is 22.8 Å². The van der Waals surface area contributed by atoms with Crippen LogP contribution in [0.4, 0.5) is 13.2 Å². The fourth-order valence-corrected chi connectivity index (χ4v) is 3.63. The lowest BCUT2D eigenvalue weighted by atomic mass is 9.80. The van der Waals surface area contributed by atoms with Gasteiger partial charge in [-0.1, -0.05) is 42.5 Å². The predicted octanol–water partition coefficient (Wildman–Crippen LogP) is 5.00. The molecule has 0 bridgehead atoms. The molecule has 0 amide bonds. The third kappa shape index (κ3) is 3.76. The number of nitrogens with zero attached hydrogens (tertiary/aromatic N) is 3. The van der Waals surface area contributed by atoms with Crippen molar-refractivity contribution in [1.82, 2.24) is 14.6 Å². The summed E-state index contributed by atoms with van der Waals surface area (Å²) in [7, 11) is 0. The minimum atomic E-state index is -4.42. The van der Waals surface area contributed by atoms with Gasteiger partial charge >= 0.3 is 12.1 Å². The van der Waals surface area contributed by atoms with Crippen LogP contribution in [-0.4, -0.2) is 25.7 Å². The van der Waals surface area contributed by atoms with Crippen molar-refractivity contribution >= 4 is 11.6 Å². The van der Waals surface area contributed by atoms with Gasteiger partial charge in [-0.25, -0.2) is 9.50 Å². The van der Waals surface area contributed by atoms with Gasteiger partial charge in [0, 0.05) is 11.8 Å². The van der Waals surface area contributed by atoms with Gasteiger partial charge in [-0.05, 0) is 42.7 Å². The molecule has 0 radical (unpaired) electrons. The van der Waals surface area contributed by atoms with E-state index in [-0.39, 0.29) is 6.42 Å². The van der Waals surface area contributed by atoms with Crippen molar-refractivity contribution in [3.05, 3.63) is 89.9 Å². The van der Waals surface area contributed by atoms with Gasteiger partial charge in [0.25, 0.3) is 0 Å². The number of rotatable bonds is 5. The Kier molecular flexibility index (Phi) is 5.00. The Morgan fingerprint density at radius 1 is 1.03 bits per heavy atom. The van der Waals surface area contributed by atoms with Crippen molar-refractivity contribution in [2.24, 2.45) is 0 Å². The van der Waals surface area contributed by atoms with Gasteiger partial charge < -0.3 is 5.11 Å². The Hall–Kier alpha value is -3.68. The van der Waals surface area contributed by atoms with Crippen molar-refractivity contribution < 1.29 is 23.1 Å². The molecule has 0 saturated heterocycles. The van der Waals surface area contributed by atoms with E-state index >= 15 is 0 Å². The molecule has 4 rings (SSSR count). The largest absolute Gasteiger partial charge is 0.481 e. The predicted molar refractivity (Wildman–Crippen MR) is 109 cm³/mol. The molecule has 2 heterocycles. The number of hydrogen-bond acceptors (Lipinski definition) is 3. The maximum absolute atomic E-state index is 12.9. The highest BCUT2D eigenvalue weighted by atomic mass is 19.4. The highest BCUT2D eigenvalue weighted by Crippen LogP contribution is 2.34. The Morgan fingerprint density at radius 3 is 2.32 bits per heavy atom. The zero-order valence-electron chi connectivity index (χ0n) is 16.5. The summed E-state index contributed by atoms with van der Waals surface area (Å²) in [4.78, 5) is 16.6. The standard InChI is InChI=1S/C23H18F3N3O2/c1-22(21(30)31,13-15-5-3-2-4-6-15)19-11-12-27-20-18(14-28-29(19)20)16-7-9-17(10-8-16)23(24,25)26/h2-12,14H,13H2,1H3,(H,30,31). The van der Waals surface area contributed by atoms with E-state index in [1.54, 1.807) is 13.0 Å². The van der Waals surface area contributed by atoms with Crippen molar-refractivity contribution in [3.8, 4) is 11.1 Å². The SMILES string of the molecule is CC(Cc1ccccc1)(C(=O)O)c1ccnc2c(-c3ccc(C(F)(F)F)cc3)cnn12. The molecule has 0 aliphatic heterocycles. The number of carbonyl (C=O) groups is 1. The second kappa shape index (κ2) is 7.54. The van der Waals surface area contributed by atoms with E-state index < -0.39 is 23.1 Å². The first-order valence-electron chi connectivity index (χ1n) is 9.48. The Labute approximate surface area is 175 Å². The summed E-state index contributed by atoms with van der Waals surface area (Å²) in [6.07, 6.45) is -1.21. The number of fused-ring (bicyclic) bond motifs is 1. The minimum absolute atomic E-state index is 0.234. The first-order chi connectivity index (χ1) is 14.7. The summed E-state index contributed by atoms with van der Waals surface area (Å²) in [5.74, 6) is -1.02. The Morgan fingerprint density at radius 2 is 1.71 bits per heavy atom. The second-order valence-corrected chi connectivity index (χ2v) is 7.50. The normalized spacial score (nSPS) is 13.8. The van der Waals surface area contributed by atoms with Crippen LogP contribution < -0.4 is 0 Å². The maximum atomic E-state index is 12.9. The van der Waals surface area contributed by atoms with Gasteiger partial charge in [0.1, 0.15) is 5.41 Å². The summed E-state index contributed by atoms with van der Waals surface area (Å²) in [6.45, 7) is 1.62. The van der Waals surface area contributed by atoms with Crippen LogP contribution in [0.3, 0.4) is 0 Å². The third-order valence-electron chi connectivity index (χ3n) is 5.36. The number of carboxylic acids is 1. The lowest BCUT2D eigenvalue weighted by molar-refractivity contribution is -0.143. The number of carboxylic acid groups (broad SMARTS) is 1. The molecule has 0 saturated carbocycles. The van der Waals surface area contributed by atoms with Crippen molar-refractivity contribution in [1.29, 1.82) is 0 Å². The molecule has 8 heteroatoms. The van der Waals surface area contributed by atoms with E-state index in [2.05, 4.69) is 10.1 Å². The van der Waals surface area contributed by atoms with Crippen LogP contribution in [0.25, 0.3) is 16.8 Å². The number of hydrogen-bond donors (Lipinski definition) is 1. The van der Waals surface area contributed by atoms with Gasteiger partial charge in [0.2, 0.25) is 0 Å². The summed E-state index contributed by atoms with van der Waals surface area (Å²) >= 11 is 0. The van der Waals surface area contributed by atoms with Crippen molar-refractivity contribution in [2.75, 3.05) is 0 Å². The van der Waals surface area contributed by atoms with Crippen LogP contribution in [0.2, 0.25) is 0 Å². The molecule has 1 N–H and O–H groups in total. The molecule has 1 unspecified atom stereocenters. The molecule has 4 aromatic rings. The van der Waals surface area contributed by atoms with Gasteiger partial charge in [0.05, 0.1) is 17.5 Å². The fraction of sp³-hybridized carbons (Fsp3) is 0.174. The molecular formula is C23H18F3N3O2. The van der Waals surface area contributed by atoms with Crippen molar-refractivity contribution in [3.63, 3.8) is 0 Å². The fourth-order valence-electron chi connectivity index (χ4n) is 3.63. The first-order valence-corrected chi connectivity index (χ1v) is 9.48. The van der Waals surface area contributed by atoms with Crippen LogP contribution in [0.15, 0.2) is 73.1 Å². The number of aliphatic carboxylic acids is 1. The molecule has 2 aromatic carbocycles. The second-order valence-electron chi connectivity index (χ2n) is 7.50. The maximum Gasteiger partial charge on any atom is 0.416 e. The molecular weight excluding hydrogens is 407 g/mol. The smallest absolute Gasteiger partial charge is 0.416 e. The van der Waals surface area contributed by atoms with E-state index in [0.717, 1.165) is 17.7 Å². The molecule has 31 heavy (non-hydrogen) atoms. The molecule has 5 nitrogen and oxygen atoms in total. The summed E-state index contributed by atoms with van der Waals surface area (Å²) in [5.41, 5.74) is 0.627. The lowest BCUT2D eigenvalue weighted by Gasteiger charge is -2.25. The molecule has 2 aromatic heterocycles. The quantitative estimate of drug-likeness (QED) is 0.489. The van der Waals surface area contributed by atoms with Crippen LogP contribution >= 0.6 is 0 Å². The summed E-state index contributed by atoms with van der Waals surface area (Å²) < 4.78 is 40.1. The molecule has 0 aliphatic rings. The van der Waals surface area contributed by atoms with E-state index in [9.17, 15) is 23.1 Å². The molecule has 1 atom stereocenters. The average molecular weight is 425 g/mol. The molecule has 0 aliphatic carbocycles. The minimum Gasteiger partial charge on any atom is -0.481 e. The number of benzene rings is 2. The van der Waals surface area contributed by atoms with Crippen LogP contribution in [0.1, 0.15) is 23.7 Å². The van der Waals surface area contributed by atoms with Crippen LogP contribution in [0.5, 0.6) is 0 Å². The molecule has 0 spiro atoms. The summed E-state index contributed by atoms with van der Waals surface area (Å²) in [6, 6.07) is 15.6. The van der Waals surface area contributed by atoms with Crippen molar-refractivity contribution in [2.45, 2.75) is 24.9 Å². The summed E-state index contributed by atoms with van der Waals surface area (Å²) in [5, 5.41) is 14.4. The zero-order chi connectivity index (χ0) is 22.2. The Balaban J connectivity index is 1.80. The molecule has 0 fully saturated rings. The van der Waals surface area contributed by atoms with Gasteiger partial charge in [0.15, 0.2) is 5.65 Å². The van der Waals surface area contributed by atoms with E-state index in [1.165, 1.54) is 29.0 Å². The monoisotopic (exact) mass is 425 g/mol. The number of halogens is 3. The number of aromatic nitrogens is 3. The third-order valence-corrected chi connectivity index (χ3v) is 5.36. The van der Waals surface area contributed by atoms with Gasteiger partial charge in [-0.15, -0.1) is 0 Å². The van der Waals surface area contributed by atoms with Crippen LogP contribution in [0, 0.1) is 0 Å². The highest BCUT2D eigenvalue weighted by molar-refractivity contribution is 5.82. The first kappa shape index (κ1) is 20.6. The highest BCUT2D eigenvalue weighted by Gasteiger charge is 2.38. The lowest BCUT2D eigenvalue weighted by Crippen LogP contribution is -2.37. The van der Waals surface area contributed by atoms with E-state index in [4.69, 9.17) is 0 Å². The van der Waals surface area contributed by atoms with E-state index in [1.807, 2.05) is 30.3 Å². The zero-order valence-corrected chi connectivity index (χ0v) is 16.5. The van der Waals surface area contributed by atoms with E-state index in [0.29, 0.717) is 22.5 Å². The topological polar surface area (TPSA) is 67.5 Å².